The van der Waals surface area contributed by atoms with Crippen LogP contribution in [0.2, 0.25) is 0 Å². The maximum atomic E-state index is 14.1. The van der Waals surface area contributed by atoms with Crippen LogP contribution in [0.3, 0.4) is 0 Å². The average Bonchev–Trinajstić information content (AvgIpc) is 2.94. The smallest absolute Gasteiger partial charge is 0.305 e. The van der Waals surface area contributed by atoms with Gasteiger partial charge in [0.15, 0.2) is 11.4 Å². The fourth-order valence-electron chi connectivity index (χ4n) is 6.86. The first kappa shape index (κ1) is 29.0. The first-order valence-corrected chi connectivity index (χ1v) is 13.6. The molecule has 0 fully saturated rings. The Morgan fingerprint density at radius 1 is 1.02 bits per heavy atom. The van der Waals surface area contributed by atoms with Crippen LogP contribution in [0.15, 0.2) is 71.2 Å². The summed E-state index contributed by atoms with van der Waals surface area (Å²) in [6.07, 6.45) is -1.29. The molecule has 6 unspecified atom stereocenters. The fraction of sp³-hybridized carbons (Fsp3) is 0.355. The summed E-state index contributed by atoms with van der Waals surface area (Å²) in [5.74, 6) is -9.90. The SMILES string of the molecule is CCC(=O)OC1C2C(=C(O)C3(O)C(=O)C(C(N)=O)=C(O)C(N(C)C)C13)C(=O)c1c(O)cccc1C2Cc1ccccc1. The Labute approximate surface area is 241 Å². The first-order chi connectivity index (χ1) is 19.9. The summed E-state index contributed by atoms with van der Waals surface area (Å²) in [7, 11) is 3.01. The van der Waals surface area contributed by atoms with Crippen molar-refractivity contribution in [2.75, 3.05) is 14.1 Å². The van der Waals surface area contributed by atoms with Gasteiger partial charge in [-0.05, 0) is 43.6 Å². The van der Waals surface area contributed by atoms with Crippen molar-refractivity contribution in [1.82, 2.24) is 4.90 Å². The van der Waals surface area contributed by atoms with Gasteiger partial charge in [-0.15, -0.1) is 0 Å². The van der Waals surface area contributed by atoms with E-state index in [-0.39, 0.29) is 24.2 Å². The second-order valence-corrected chi connectivity index (χ2v) is 11.1. The van der Waals surface area contributed by atoms with Gasteiger partial charge in [-0.2, -0.15) is 0 Å². The largest absolute Gasteiger partial charge is 0.510 e. The molecule has 0 saturated heterocycles. The van der Waals surface area contributed by atoms with Crippen molar-refractivity contribution in [3.8, 4) is 5.75 Å². The standard InChI is InChI=1S/C31H32N2O9/c1-4-18(35)42-27-20-16(13-14-9-6-5-7-10-14)15-11-8-12-17(34)19(15)25(36)21(20)28(38)31(41)23(27)24(33(2)3)26(37)22(29(31)39)30(32)40/h5-12,16,20,23-24,27,34,37-38,41H,4,13H2,1-3H3,(H2,32,40). The van der Waals surface area contributed by atoms with E-state index in [1.807, 2.05) is 30.3 Å². The summed E-state index contributed by atoms with van der Waals surface area (Å²) < 4.78 is 5.94. The van der Waals surface area contributed by atoms with Crippen LogP contribution in [-0.4, -0.2) is 80.6 Å². The molecule has 0 saturated carbocycles. The summed E-state index contributed by atoms with van der Waals surface area (Å²) in [5, 5.41) is 45.9. The molecule has 6 N–H and O–H groups in total. The van der Waals surface area contributed by atoms with Gasteiger partial charge in [-0.1, -0.05) is 49.4 Å². The molecule has 42 heavy (non-hydrogen) atoms. The molecule has 220 valence electrons. The summed E-state index contributed by atoms with van der Waals surface area (Å²) in [6, 6.07) is 12.4. The Morgan fingerprint density at radius 3 is 2.29 bits per heavy atom. The zero-order chi connectivity index (χ0) is 30.7. The average molecular weight is 577 g/mol. The molecule has 5 rings (SSSR count). The van der Waals surface area contributed by atoms with Gasteiger partial charge in [0.05, 0.1) is 17.5 Å². The molecule has 11 heteroatoms. The van der Waals surface area contributed by atoms with Crippen molar-refractivity contribution >= 4 is 23.4 Å². The van der Waals surface area contributed by atoms with E-state index in [0.717, 1.165) is 5.56 Å². The molecule has 0 aliphatic heterocycles. The molecule has 2 aromatic rings. The van der Waals surface area contributed by atoms with E-state index in [1.165, 1.54) is 25.1 Å². The van der Waals surface area contributed by atoms with Crippen molar-refractivity contribution in [1.29, 1.82) is 0 Å². The second kappa shape index (κ2) is 10.4. The summed E-state index contributed by atoms with van der Waals surface area (Å²) in [4.78, 5) is 54.6. The quantitative estimate of drug-likeness (QED) is 0.251. The number of phenolic OH excluding ortho intramolecular Hbond substituents is 1. The number of ether oxygens (including phenoxy) is 1. The van der Waals surface area contributed by atoms with Crippen LogP contribution in [0.25, 0.3) is 0 Å². The highest BCUT2D eigenvalue weighted by Gasteiger charge is 2.68. The predicted octanol–water partition coefficient (Wildman–Crippen LogP) is 1.84. The number of primary amides is 1. The van der Waals surface area contributed by atoms with Crippen LogP contribution < -0.4 is 5.73 Å². The van der Waals surface area contributed by atoms with Gasteiger partial charge in [0.25, 0.3) is 5.91 Å². The number of nitrogens with zero attached hydrogens (tertiary/aromatic N) is 1. The third-order valence-electron chi connectivity index (χ3n) is 8.63. The van der Waals surface area contributed by atoms with Crippen LogP contribution in [-0.2, 0) is 25.5 Å². The highest BCUT2D eigenvalue weighted by Crippen LogP contribution is 2.57. The van der Waals surface area contributed by atoms with Crippen molar-refractivity contribution in [3.05, 3.63) is 87.9 Å². The number of phenols is 1. The molecule has 0 heterocycles. The number of fused-ring (bicyclic) bond motifs is 3. The number of nitrogens with two attached hydrogens (primary N) is 1. The number of hydrogen-bond acceptors (Lipinski definition) is 10. The number of Topliss-reactive ketones (excluding diaryl/α,β-unsaturated/α-hetero) is 2. The second-order valence-electron chi connectivity index (χ2n) is 11.1. The van der Waals surface area contributed by atoms with E-state index < -0.39 is 81.6 Å². The predicted molar refractivity (Wildman–Crippen MR) is 148 cm³/mol. The molecule has 0 spiro atoms. The molecule has 3 aliphatic rings. The highest BCUT2D eigenvalue weighted by molar-refractivity contribution is 6.25. The number of ketones is 2. The maximum absolute atomic E-state index is 14.1. The summed E-state index contributed by atoms with van der Waals surface area (Å²) >= 11 is 0. The Kier molecular flexibility index (Phi) is 7.20. The zero-order valence-electron chi connectivity index (χ0n) is 23.3. The molecule has 0 bridgehead atoms. The van der Waals surface area contributed by atoms with Gasteiger partial charge in [-0.3, -0.25) is 24.1 Å². The molecule has 2 aromatic carbocycles. The van der Waals surface area contributed by atoms with E-state index in [9.17, 15) is 39.6 Å². The van der Waals surface area contributed by atoms with Crippen molar-refractivity contribution in [3.63, 3.8) is 0 Å². The van der Waals surface area contributed by atoms with Crippen molar-refractivity contribution in [2.24, 2.45) is 17.6 Å². The molecule has 3 aliphatic carbocycles. The van der Waals surface area contributed by atoms with Gasteiger partial charge >= 0.3 is 5.97 Å². The lowest BCUT2D eigenvalue weighted by atomic mass is 9.54. The third-order valence-corrected chi connectivity index (χ3v) is 8.63. The number of aliphatic hydroxyl groups excluding tert-OH is 2. The number of benzene rings is 2. The number of likely N-dealkylation sites (N-methyl/N-ethyl adjacent to an activating group) is 1. The van der Waals surface area contributed by atoms with E-state index in [0.29, 0.717) is 5.56 Å². The van der Waals surface area contributed by atoms with Crippen LogP contribution in [0.5, 0.6) is 5.75 Å². The van der Waals surface area contributed by atoms with Crippen molar-refractivity contribution < 1.29 is 44.3 Å². The number of carbonyl (C=O) groups is 4. The lowest BCUT2D eigenvalue weighted by molar-refractivity contribution is -0.181. The number of aromatic hydroxyl groups is 1. The van der Waals surface area contributed by atoms with E-state index >= 15 is 0 Å². The molecule has 11 nitrogen and oxygen atoms in total. The molecule has 0 aromatic heterocycles. The highest BCUT2D eigenvalue weighted by atomic mass is 16.5. The van der Waals surface area contributed by atoms with Gasteiger partial charge in [0, 0.05) is 17.9 Å². The minimum atomic E-state index is -2.98. The minimum absolute atomic E-state index is 0.0942. The van der Waals surface area contributed by atoms with Crippen LogP contribution in [0, 0.1) is 11.8 Å². The number of amides is 1. The topological polar surface area (TPSA) is 188 Å². The number of carbonyl (C=O) groups excluding carboxylic acids is 4. The normalized spacial score (nSPS) is 28.7. The number of esters is 1. The molecular weight excluding hydrogens is 544 g/mol. The first-order valence-electron chi connectivity index (χ1n) is 13.6. The molecular formula is C31H32N2O9. The Balaban J connectivity index is 1.87. The van der Waals surface area contributed by atoms with Crippen molar-refractivity contribution in [2.45, 2.75) is 43.4 Å². The Morgan fingerprint density at radius 2 is 1.69 bits per heavy atom. The van der Waals surface area contributed by atoms with Gasteiger partial charge in [0.1, 0.15) is 28.9 Å². The van der Waals surface area contributed by atoms with Crippen LogP contribution in [0.1, 0.15) is 40.7 Å². The van der Waals surface area contributed by atoms with E-state index in [2.05, 4.69) is 0 Å². The fourth-order valence-corrected chi connectivity index (χ4v) is 6.86. The third kappa shape index (κ3) is 4.11. The van der Waals surface area contributed by atoms with Crippen LogP contribution >= 0.6 is 0 Å². The Hall–Kier alpha value is -4.48. The van der Waals surface area contributed by atoms with Gasteiger partial charge in [0.2, 0.25) is 5.78 Å². The lowest BCUT2D eigenvalue weighted by Gasteiger charge is -2.54. The summed E-state index contributed by atoms with van der Waals surface area (Å²) in [6.45, 7) is 1.55. The summed E-state index contributed by atoms with van der Waals surface area (Å²) in [5.41, 5.74) is 2.22. The number of hydrogen-bond donors (Lipinski definition) is 5. The zero-order valence-corrected chi connectivity index (χ0v) is 23.3. The molecule has 0 radical (unpaired) electrons. The van der Waals surface area contributed by atoms with Gasteiger partial charge in [-0.25, -0.2) is 0 Å². The Bertz CT molecular complexity index is 1560. The molecule has 1 amide bonds. The molecule has 6 atom stereocenters. The number of rotatable bonds is 6. The maximum Gasteiger partial charge on any atom is 0.305 e. The van der Waals surface area contributed by atoms with E-state index in [1.54, 1.807) is 19.1 Å². The minimum Gasteiger partial charge on any atom is -0.510 e. The lowest BCUT2D eigenvalue weighted by Crippen LogP contribution is -2.69. The van der Waals surface area contributed by atoms with Crippen LogP contribution in [0.4, 0.5) is 0 Å². The number of aliphatic hydroxyl groups is 3. The van der Waals surface area contributed by atoms with E-state index in [4.69, 9.17) is 10.5 Å². The van der Waals surface area contributed by atoms with Gasteiger partial charge < -0.3 is 30.9 Å². The monoisotopic (exact) mass is 576 g/mol.